The van der Waals surface area contributed by atoms with E-state index in [9.17, 15) is 14.4 Å². The summed E-state index contributed by atoms with van der Waals surface area (Å²) in [6.07, 6.45) is -1.00. The molecule has 17 heavy (non-hydrogen) atoms. The number of rotatable bonds is 4. The summed E-state index contributed by atoms with van der Waals surface area (Å²) in [6, 6.07) is -1.08. The molecule has 7 nitrogen and oxygen atoms in total. The zero-order chi connectivity index (χ0) is 13.6. The average Bonchev–Trinajstić information content (AvgIpc) is 2.13. The summed E-state index contributed by atoms with van der Waals surface area (Å²) in [5.74, 6) is -1.19. The van der Waals surface area contributed by atoms with Gasteiger partial charge < -0.3 is 21.1 Å². The second kappa shape index (κ2) is 6.07. The molecule has 4 N–H and O–H groups in total. The summed E-state index contributed by atoms with van der Waals surface area (Å²) in [5.41, 5.74) is 4.38. The summed E-state index contributed by atoms with van der Waals surface area (Å²) < 4.78 is 4.94. The van der Waals surface area contributed by atoms with Gasteiger partial charge in [-0.1, -0.05) is 0 Å². The molecular formula is C10H19N3O4. The molecule has 0 aromatic heterocycles. The number of nitrogens with one attached hydrogen (secondary N) is 2. The summed E-state index contributed by atoms with van der Waals surface area (Å²) in [6.45, 7) is 5.06. The number of carbonyl (C=O) groups excluding carboxylic acids is 3. The molecule has 0 heterocycles. The molecule has 0 bridgehead atoms. The maximum Gasteiger partial charge on any atom is 0.408 e. The van der Waals surface area contributed by atoms with Crippen LogP contribution in [0.2, 0.25) is 0 Å². The van der Waals surface area contributed by atoms with Gasteiger partial charge in [0.1, 0.15) is 11.6 Å². The SMILES string of the molecule is CNC(=O)CC(NC(=O)OC(C)(C)C)C(N)=O. The first-order chi connectivity index (χ1) is 7.65. The standard InChI is InChI=1S/C10H19N3O4/c1-10(2,3)17-9(16)13-6(8(11)15)5-7(14)12-4/h6H,5H2,1-4H3,(H2,11,15)(H,12,14)(H,13,16). The van der Waals surface area contributed by atoms with Crippen LogP contribution in [0.5, 0.6) is 0 Å². The maximum absolute atomic E-state index is 11.4. The van der Waals surface area contributed by atoms with Crippen LogP contribution in [-0.4, -0.2) is 36.6 Å². The summed E-state index contributed by atoms with van der Waals surface area (Å²) in [7, 11) is 1.42. The third kappa shape index (κ3) is 7.15. The fourth-order valence-corrected chi connectivity index (χ4v) is 0.960. The molecule has 0 saturated carbocycles. The lowest BCUT2D eigenvalue weighted by atomic mass is 10.2. The molecule has 0 aliphatic heterocycles. The second-order valence-electron chi connectivity index (χ2n) is 4.48. The number of amides is 3. The van der Waals surface area contributed by atoms with Crippen molar-refractivity contribution < 1.29 is 19.1 Å². The van der Waals surface area contributed by atoms with Gasteiger partial charge >= 0.3 is 6.09 Å². The molecule has 1 unspecified atom stereocenters. The normalized spacial score (nSPS) is 12.5. The van der Waals surface area contributed by atoms with Gasteiger partial charge in [-0.3, -0.25) is 9.59 Å². The second-order valence-corrected chi connectivity index (χ2v) is 4.48. The van der Waals surface area contributed by atoms with Gasteiger partial charge in [-0.2, -0.15) is 0 Å². The predicted molar refractivity (Wildman–Crippen MR) is 61.0 cm³/mol. The van der Waals surface area contributed by atoms with Crippen molar-refractivity contribution in [2.75, 3.05) is 7.05 Å². The van der Waals surface area contributed by atoms with Crippen molar-refractivity contribution in [2.24, 2.45) is 5.73 Å². The number of nitrogens with two attached hydrogens (primary N) is 1. The molecule has 0 radical (unpaired) electrons. The van der Waals surface area contributed by atoms with Gasteiger partial charge in [0.15, 0.2) is 0 Å². The Morgan fingerprint density at radius 1 is 1.29 bits per heavy atom. The molecule has 1 atom stereocenters. The van der Waals surface area contributed by atoms with Gasteiger partial charge in [-0.15, -0.1) is 0 Å². The Morgan fingerprint density at radius 3 is 2.18 bits per heavy atom. The Morgan fingerprint density at radius 2 is 1.82 bits per heavy atom. The zero-order valence-electron chi connectivity index (χ0n) is 10.5. The van der Waals surface area contributed by atoms with Crippen LogP contribution in [0, 0.1) is 0 Å². The Bertz CT molecular complexity index is 309. The quantitative estimate of drug-likeness (QED) is 0.620. The molecule has 0 aliphatic carbocycles. The number of primary amides is 1. The lowest BCUT2D eigenvalue weighted by Crippen LogP contribution is -2.48. The van der Waals surface area contributed by atoms with Crippen LogP contribution in [0.15, 0.2) is 0 Å². The molecule has 7 heteroatoms. The number of carbonyl (C=O) groups is 3. The van der Waals surface area contributed by atoms with E-state index in [0.29, 0.717) is 0 Å². The first-order valence-electron chi connectivity index (χ1n) is 5.15. The van der Waals surface area contributed by atoms with Crippen LogP contribution in [0.4, 0.5) is 4.79 Å². The summed E-state index contributed by atoms with van der Waals surface area (Å²) in [4.78, 5) is 33.5. The maximum atomic E-state index is 11.4. The lowest BCUT2D eigenvalue weighted by molar-refractivity contribution is -0.126. The van der Waals surface area contributed by atoms with E-state index >= 15 is 0 Å². The van der Waals surface area contributed by atoms with E-state index in [1.54, 1.807) is 20.8 Å². The van der Waals surface area contributed by atoms with E-state index in [4.69, 9.17) is 10.5 Å². The molecule has 0 aromatic rings. The van der Waals surface area contributed by atoms with Crippen LogP contribution >= 0.6 is 0 Å². The Hall–Kier alpha value is -1.79. The smallest absolute Gasteiger partial charge is 0.408 e. The van der Waals surface area contributed by atoms with Gasteiger partial charge in [-0.25, -0.2) is 4.79 Å². The minimum absolute atomic E-state index is 0.217. The highest BCUT2D eigenvalue weighted by Crippen LogP contribution is 2.07. The van der Waals surface area contributed by atoms with Gasteiger partial charge in [0.05, 0.1) is 6.42 Å². The molecule has 0 fully saturated rings. The lowest BCUT2D eigenvalue weighted by Gasteiger charge is -2.22. The van der Waals surface area contributed by atoms with E-state index in [0.717, 1.165) is 0 Å². The Kier molecular flexibility index (Phi) is 5.43. The molecule has 0 spiro atoms. The molecule has 0 aliphatic rings. The van der Waals surface area contributed by atoms with E-state index in [1.807, 2.05) is 0 Å². The van der Waals surface area contributed by atoms with Crippen molar-refractivity contribution in [3.63, 3.8) is 0 Å². The van der Waals surface area contributed by atoms with Crippen LogP contribution in [0.1, 0.15) is 27.2 Å². The summed E-state index contributed by atoms with van der Waals surface area (Å²) >= 11 is 0. The first kappa shape index (κ1) is 15.2. The van der Waals surface area contributed by atoms with Crippen LogP contribution in [0.25, 0.3) is 0 Å². The number of hydrogen-bond acceptors (Lipinski definition) is 4. The Balaban J connectivity index is 4.41. The van der Waals surface area contributed by atoms with E-state index in [1.165, 1.54) is 7.05 Å². The third-order valence-electron chi connectivity index (χ3n) is 1.70. The molecular weight excluding hydrogens is 226 g/mol. The molecule has 0 rings (SSSR count). The monoisotopic (exact) mass is 245 g/mol. The van der Waals surface area contributed by atoms with Crippen molar-refractivity contribution in [1.29, 1.82) is 0 Å². The van der Waals surface area contributed by atoms with Crippen LogP contribution in [0.3, 0.4) is 0 Å². The average molecular weight is 245 g/mol. The van der Waals surface area contributed by atoms with Gasteiger partial charge in [-0.05, 0) is 20.8 Å². The van der Waals surface area contributed by atoms with E-state index < -0.39 is 29.6 Å². The van der Waals surface area contributed by atoms with Gasteiger partial charge in [0.2, 0.25) is 11.8 Å². The minimum Gasteiger partial charge on any atom is -0.444 e. The summed E-state index contributed by atoms with van der Waals surface area (Å²) in [5, 5.41) is 4.57. The van der Waals surface area contributed by atoms with Crippen molar-refractivity contribution in [3.8, 4) is 0 Å². The topological polar surface area (TPSA) is 111 Å². The molecule has 0 aromatic carbocycles. The number of alkyl carbamates (subject to hydrolysis) is 1. The first-order valence-corrected chi connectivity index (χ1v) is 5.15. The third-order valence-corrected chi connectivity index (χ3v) is 1.70. The fourth-order valence-electron chi connectivity index (χ4n) is 0.960. The highest BCUT2D eigenvalue weighted by Gasteiger charge is 2.24. The Labute approximate surface area is 100 Å². The highest BCUT2D eigenvalue weighted by molar-refractivity contribution is 5.89. The van der Waals surface area contributed by atoms with Crippen molar-refractivity contribution >= 4 is 17.9 Å². The van der Waals surface area contributed by atoms with Gasteiger partial charge in [0.25, 0.3) is 0 Å². The van der Waals surface area contributed by atoms with Crippen molar-refractivity contribution in [1.82, 2.24) is 10.6 Å². The van der Waals surface area contributed by atoms with Gasteiger partial charge in [0, 0.05) is 7.05 Å². The number of hydrogen-bond donors (Lipinski definition) is 3. The molecule has 3 amide bonds. The van der Waals surface area contributed by atoms with E-state index in [2.05, 4.69) is 10.6 Å². The molecule has 0 saturated heterocycles. The predicted octanol–water partition coefficient (Wildman–Crippen LogP) is -0.499. The van der Waals surface area contributed by atoms with Crippen LogP contribution in [-0.2, 0) is 14.3 Å². The van der Waals surface area contributed by atoms with Crippen LogP contribution < -0.4 is 16.4 Å². The minimum atomic E-state index is -1.08. The molecule has 98 valence electrons. The van der Waals surface area contributed by atoms with Crippen molar-refractivity contribution in [2.45, 2.75) is 38.8 Å². The number of ether oxygens (including phenoxy) is 1. The zero-order valence-corrected chi connectivity index (χ0v) is 10.5. The highest BCUT2D eigenvalue weighted by atomic mass is 16.6. The van der Waals surface area contributed by atoms with E-state index in [-0.39, 0.29) is 6.42 Å². The fraction of sp³-hybridized carbons (Fsp3) is 0.700. The van der Waals surface area contributed by atoms with Crippen molar-refractivity contribution in [3.05, 3.63) is 0 Å². The largest absolute Gasteiger partial charge is 0.444 e.